The highest BCUT2D eigenvalue weighted by molar-refractivity contribution is 5.81. The SMILES string of the molecule is CCCCCCCC[C@H](CCC/C(=C/C(=O)O)CN=C(N)N)Cc1cccc(C#N)c1. The van der Waals surface area contributed by atoms with Crippen LogP contribution in [0.1, 0.15) is 82.3 Å². The molecule has 1 atom stereocenters. The Labute approximate surface area is 187 Å². The van der Waals surface area contributed by atoms with E-state index in [2.05, 4.69) is 24.1 Å². The zero-order chi connectivity index (χ0) is 22.9. The van der Waals surface area contributed by atoms with Crippen LogP contribution in [0.3, 0.4) is 0 Å². The second-order valence-corrected chi connectivity index (χ2v) is 8.21. The summed E-state index contributed by atoms with van der Waals surface area (Å²) in [6.07, 6.45) is 13.5. The van der Waals surface area contributed by atoms with Crippen molar-refractivity contribution in [3.05, 3.63) is 47.0 Å². The zero-order valence-corrected chi connectivity index (χ0v) is 18.9. The lowest BCUT2D eigenvalue weighted by molar-refractivity contribution is -0.131. The maximum absolute atomic E-state index is 11.1. The van der Waals surface area contributed by atoms with E-state index in [-0.39, 0.29) is 12.5 Å². The van der Waals surface area contributed by atoms with Crippen molar-refractivity contribution in [2.75, 3.05) is 6.54 Å². The molecule has 170 valence electrons. The van der Waals surface area contributed by atoms with Gasteiger partial charge in [-0.3, -0.25) is 0 Å². The monoisotopic (exact) mass is 426 g/mol. The van der Waals surface area contributed by atoms with E-state index in [1.165, 1.54) is 50.2 Å². The van der Waals surface area contributed by atoms with Crippen LogP contribution in [0, 0.1) is 17.2 Å². The van der Waals surface area contributed by atoms with Crippen molar-refractivity contribution in [1.82, 2.24) is 0 Å². The molecular formula is C25H38N4O2. The number of rotatable bonds is 16. The van der Waals surface area contributed by atoms with Crippen molar-refractivity contribution in [2.24, 2.45) is 22.4 Å². The fourth-order valence-corrected chi connectivity index (χ4v) is 3.85. The molecule has 0 radical (unpaired) electrons. The van der Waals surface area contributed by atoms with Crippen LogP contribution < -0.4 is 11.5 Å². The summed E-state index contributed by atoms with van der Waals surface area (Å²) >= 11 is 0. The van der Waals surface area contributed by atoms with Gasteiger partial charge in [-0.2, -0.15) is 5.26 Å². The quantitative estimate of drug-likeness (QED) is 0.150. The Bertz CT molecular complexity index is 761. The largest absolute Gasteiger partial charge is 0.478 e. The van der Waals surface area contributed by atoms with Gasteiger partial charge >= 0.3 is 5.97 Å². The summed E-state index contributed by atoms with van der Waals surface area (Å²) in [5.41, 5.74) is 13.4. The van der Waals surface area contributed by atoms with E-state index in [1.807, 2.05) is 18.2 Å². The predicted molar refractivity (Wildman–Crippen MR) is 127 cm³/mol. The number of hydrogen-bond acceptors (Lipinski definition) is 3. The smallest absolute Gasteiger partial charge is 0.328 e. The van der Waals surface area contributed by atoms with Gasteiger partial charge in [-0.05, 0) is 54.9 Å². The molecule has 1 aromatic rings. The van der Waals surface area contributed by atoms with Crippen molar-refractivity contribution in [3.63, 3.8) is 0 Å². The number of guanidine groups is 1. The number of carboxylic acid groups (broad SMARTS) is 1. The molecule has 0 aliphatic rings. The highest BCUT2D eigenvalue weighted by Crippen LogP contribution is 2.24. The number of aliphatic carboxylic acids is 1. The fourth-order valence-electron chi connectivity index (χ4n) is 3.85. The highest BCUT2D eigenvalue weighted by atomic mass is 16.4. The first-order valence-electron chi connectivity index (χ1n) is 11.4. The average molecular weight is 427 g/mol. The molecule has 0 spiro atoms. The Morgan fingerprint density at radius 1 is 1.16 bits per heavy atom. The van der Waals surface area contributed by atoms with Crippen LogP contribution in [0.2, 0.25) is 0 Å². The topological polar surface area (TPSA) is 125 Å². The van der Waals surface area contributed by atoms with E-state index in [0.29, 0.717) is 17.9 Å². The first kappa shape index (κ1) is 26.2. The number of hydrogen-bond donors (Lipinski definition) is 3. The number of aliphatic imine (C=N–C) groups is 1. The molecule has 31 heavy (non-hydrogen) atoms. The summed E-state index contributed by atoms with van der Waals surface area (Å²) in [6.45, 7) is 2.45. The van der Waals surface area contributed by atoms with Crippen molar-refractivity contribution < 1.29 is 9.90 Å². The second-order valence-electron chi connectivity index (χ2n) is 8.21. The number of nitrogens with zero attached hydrogens (tertiary/aromatic N) is 2. The van der Waals surface area contributed by atoms with Gasteiger partial charge < -0.3 is 16.6 Å². The van der Waals surface area contributed by atoms with Gasteiger partial charge in [0.05, 0.1) is 18.2 Å². The van der Waals surface area contributed by atoms with Gasteiger partial charge in [0.2, 0.25) is 0 Å². The Morgan fingerprint density at radius 2 is 1.87 bits per heavy atom. The molecule has 6 heteroatoms. The normalized spacial score (nSPS) is 12.2. The Kier molecular flexibility index (Phi) is 13.5. The third-order valence-corrected chi connectivity index (χ3v) is 5.45. The van der Waals surface area contributed by atoms with Crippen molar-refractivity contribution in [1.29, 1.82) is 5.26 Å². The van der Waals surface area contributed by atoms with E-state index in [9.17, 15) is 10.1 Å². The minimum Gasteiger partial charge on any atom is -0.478 e. The first-order valence-corrected chi connectivity index (χ1v) is 11.4. The van der Waals surface area contributed by atoms with Gasteiger partial charge in [-0.15, -0.1) is 0 Å². The molecular weight excluding hydrogens is 388 g/mol. The minimum absolute atomic E-state index is 0.0328. The molecule has 0 saturated heterocycles. The fraction of sp³-hybridized carbons (Fsp3) is 0.560. The van der Waals surface area contributed by atoms with E-state index < -0.39 is 5.97 Å². The Morgan fingerprint density at radius 3 is 2.55 bits per heavy atom. The van der Waals surface area contributed by atoms with Crippen molar-refractivity contribution in [3.8, 4) is 6.07 Å². The van der Waals surface area contributed by atoms with E-state index in [1.54, 1.807) is 0 Å². The lowest BCUT2D eigenvalue weighted by atomic mass is 9.88. The highest BCUT2D eigenvalue weighted by Gasteiger charge is 2.12. The Balaban J connectivity index is 2.67. The number of carboxylic acids is 1. The molecule has 0 amide bonds. The third-order valence-electron chi connectivity index (χ3n) is 5.45. The molecule has 0 bridgehead atoms. The van der Waals surface area contributed by atoms with Crippen LogP contribution in [-0.2, 0) is 11.2 Å². The van der Waals surface area contributed by atoms with Crippen LogP contribution in [0.15, 0.2) is 40.9 Å². The summed E-state index contributed by atoms with van der Waals surface area (Å²) in [6, 6.07) is 10.1. The van der Waals surface area contributed by atoms with E-state index >= 15 is 0 Å². The van der Waals surface area contributed by atoms with Crippen LogP contribution in [0.25, 0.3) is 0 Å². The summed E-state index contributed by atoms with van der Waals surface area (Å²) in [7, 11) is 0. The van der Waals surface area contributed by atoms with Gasteiger partial charge in [0.15, 0.2) is 5.96 Å². The van der Waals surface area contributed by atoms with Gasteiger partial charge in [-0.1, -0.05) is 64.0 Å². The van der Waals surface area contributed by atoms with Crippen LogP contribution in [0.4, 0.5) is 0 Å². The van der Waals surface area contributed by atoms with Crippen LogP contribution in [-0.4, -0.2) is 23.6 Å². The molecule has 0 aliphatic heterocycles. The van der Waals surface area contributed by atoms with Gasteiger partial charge in [0.25, 0.3) is 0 Å². The molecule has 0 aromatic heterocycles. The molecule has 1 aromatic carbocycles. The zero-order valence-electron chi connectivity index (χ0n) is 18.9. The summed E-state index contributed by atoms with van der Waals surface area (Å²) in [5.74, 6) is -0.498. The lowest BCUT2D eigenvalue weighted by Crippen LogP contribution is -2.23. The molecule has 0 aliphatic carbocycles. The number of benzene rings is 1. The predicted octanol–water partition coefficient (Wildman–Crippen LogP) is 4.92. The standard InChI is InChI=1S/C25H38N4O2/c1-2-3-4-5-6-7-10-20(15-21-12-9-13-22(16-21)18-26)11-8-14-23(17-24(30)31)19-29-25(27)28/h9,12-13,16-17,20H,2-8,10-11,14-15,19H2,1H3,(H,30,31)(H4,27,28,29)/b23-17-/t20-/m1/s1. The molecule has 1 rings (SSSR count). The first-order chi connectivity index (χ1) is 14.9. The van der Waals surface area contributed by atoms with Gasteiger partial charge in [0.1, 0.15) is 0 Å². The number of carbonyl (C=O) groups is 1. The summed E-state index contributed by atoms with van der Waals surface area (Å²) in [5, 5.41) is 18.3. The maximum Gasteiger partial charge on any atom is 0.328 e. The molecule has 0 unspecified atom stereocenters. The number of nitriles is 1. The van der Waals surface area contributed by atoms with Gasteiger partial charge in [0, 0.05) is 6.08 Å². The van der Waals surface area contributed by atoms with Gasteiger partial charge in [-0.25, -0.2) is 9.79 Å². The van der Waals surface area contributed by atoms with E-state index in [0.717, 1.165) is 31.3 Å². The van der Waals surface area contributed by atoms with E-state index in [4.69, 9.17) is 16.6 Å². The molecule has 0 heterocycles. The molecule has 0 saturated carbocycles. The number of nitrogens with two attached hydrogens (primary N) is 2. The maximum atomic E-state index is 11.1. The van der Waals surface area contributed by atoms with Crippen molar-refractivity contribution >= 4 is 11.9 Å². The van der Waals surface area contributed by atoms with Crippen molar-refractivity contribution in [2.45, 2.75) is 77.6 Å². The lowest BCUT2D eigenvalue weighted by Gasteiger charge is -2.18. The molecule has 0 fully saturated rings. The second kappa shape index (κ2) is 16.0. The third kappa shape index (κ3) is 13.2. The Hall–Kier alpha value is -2.81. The molecule has 5 N–H and O–H groups in total. The summed E-state index contributed by atoms with van der Waals surface area (Å²) in [4.78, 5) is 15.0. The molecule has 6 nitrogen and oxygen atoms in total. The average Bonchev–Trinajstić information content (AvgIpc) is 2.73. The minimum atomic E-state index is -0.974. The summed E-state index contributed by atoms with van der Waals surface area (Å²) < 4.78 is 0. The van der Waals surface area contributed by atoms with Crippen LogP contribution >= 0.6 is 0 Å². The van der Waals surface area contributed by atoms with Crippen LogP contribution in [0.5, 0.6) is 0 Å². The number of unbranched alkanes of at least 4 members (excludes halogenated alkanes) is 5.